The highest BCUT2D eigenvalue weighted by Gasteiger charge is 2.30. The van der Waals surface area contributed by atoms with Gasteiger partial charge in [-0.3, -0.25) is 4.79 Å². The van der Waals surface area contributed by atoms with Crippen LogP contribution < -0.4 is 0 Å². The van der Waals surface area contributed by atoms with Crippen molar-refractivity contribution in [3.8, 4) is 0 Å². The van der Waals surface area contributed by atoms with E-state index in [0.717, 1.165) is 46.3 Å². The number of alkyl halides is 3. The van der Waals surface area contributed by atoms with E-state index >= 15 is 0 Å². The lowest BCUT2D eigenvalue weighted by Gasteiger charge is -2.12. The summed E-state index contributed by atoms with van der Waals surface area (Å²) in [7, 11) is 1.91. The molecule has 0 amide bonds. The van der Waals surface area contributed by atoms with Crippen molar-refractivity contribution in [1.29, 1.82) is 0 Å². The number of halogens is 3. The minimum atomic E-state index is -4.49. The van der Waals surface area contributed by atoms with Crippen LogP contribution in [0, 0.1) is 0 Å². The van der Waals surface area contributed by atoms with Gasteiger partial charge in [-0.15, -0.1) is 0 Å². The third-order valence-corrected chi connectivity index (χ3v) is 5.36. The number of rotatable bonds is 5. The zero-order valence-electron chi connectivity index (χ0n) is 17.2. The maximum atomic E-state index is 12.8. The van der Waals surface area contributed by atoms with Crippen LogP contribution in [0.3, 0.4) is 0 Å². The second-order valence-corrected chi connectivity index (χ2v) is 7.50. The number of ketones is 1. The Morgan fingerprint density at radius 1 is 0.906 bits per heavy atom. The van der Waals surface area contributed by atoms with Gasteiger partial charge in [0, 0.05) is 35.3 Å². The lowest BCUT2D eigenvalue weighted by molar-refractivity contribution is -0.137. The Hall–Kier alpha value is -3.64. The van der Waals surface area contributed by atoms with Crippen LogP contribution >= 0.6 is 0 Å². The predicted molar refractivity (Wildman–Crippen MR) is 118 cm³/mol. The zero-order chi connectivity index (χ0) is 22.9. The zero-order valence-corrected chi connectivity index (χ0v) is 17.2. The van der Waals surface area contributed by atoms with Gasteiger partial charge in [0.2, 0.25) is 0 Å². The van der Waals surface area contributed by atoms with E-state index in [1.165, 1.54) is 6.08 Å². The highest BCUT2D eigenvalue weighted by molar-refractivity contribution is 6.03. The molecule has 6 heteroatoms. The van der Waals surface area contributed by atoms with E-state index in [2.05, 4.69) is 0 Å². The van der Waals surface area contributed by atoms with E-state index in [1.807, 2.05) is 72.4 Å². The third-order valence-electron chi connectivity index (χ3n) is 5.36. The van der Waals surface area contributed by atoms with Crippen LogP contribution in [0.15, 0.2) is 91.1 Å². The number of aliphatic hydroxyl groups excluding tert-OH is 1. The summed E-state index contributed by atoms with van der Waals surface area (Å²) in [6, 6.07) is 21.0. The molecule has 32 heavy (non-hydrogen) atoms. The number of aliphatic hydroxyl groups is 1. The molecule has 0 aliphatic heterocycles. The number of nitrogens with zero attached hydrogens (tertiary/aromatic N) is 1. The van der Waals surface area contributed by atoms with Crippen LogP contribution in [0.2, 0.25) is 0 Å². The van der Waals surface area contributed by atoms with Crippen molar-refractivity contribution in [2.45, 2.75) is 12.3 Å². The Morgan fingerprint density at radius 2 is 1.53 bits per heavy atom. The second kappa shape index (κ2) is 8.48. The molecule has 0 aliphatic carbocycles. The molecule has 0 unspecified atom stereocenters. The molecule has 4 aromatic rings. The number of Topliss-reactive ketones (excluding diaryl/α,β-unsaturated/α-hetero) is 1. The molecule has 0 spiro atoms. The predicted octanol–water partition coefficient (Wildman–Crippen LogP) is 5.87. The van der Waals surface area contributed by atoms with Gasteiger partial charge in [-0.2, -0.15) is 13.2 Å². The Bertz CT molecular complexity index is 1290. The molecule has 0 radical (unpaired) electrons. The minimum absolute atomic E-state index is 0.00656. The fraction of sp³-hybridized carbons (Fsp3) is 0.115. The van der Waals surface area contributed by atoms with Crippen molar-refractivity contribution in [3.05, 3.63) is 113 Å². The van der Waals surface area contributed by atoms with Crippen LogP contribution in [0.4, 0.5) is 13.2 Å². The lowest BCUT2D eigenvalue weighted by atomic mass is 9.94. The molecule has 1 aromatic heterocycles. The first-order valence-electron chi connectivity index (χ1n) is 9.97. The number of benzene rings is 3. The van der Waals surface area contributed by atoms with Gasteiger partial charge in [0.1, 0.15) is 6.10 Å². The van der Waals surface area contributed by atoms with Crippen LogP contribution in [0.25, 0.3) is 16.5 Å². The lowest BCUT2D eigenvalue weighted by Crippen LogP contribution is -2.19. The molecule has 3 aromatic carbocycles. The van der Waals surface area contributed by atoms with Crippen LogP contribution in [-0.4, -0.2) is 21.6 Å². The van der Waals surface area contributed by atoms with Crippen LogP contribution in [0.5, 0.6) is 0 Å². The molecule has 1 N–H and O–H groups in total. The van der Waals surface area contributed by atoms with E-state index in [-0.39, 0.29) is 5.56 Å². The van der Waals surface area contributed by atoms with Crippen molar-refractivity contribution >= 4 is 22.3 Å². The average Bonchev–Trinajstić information content (AvgIpc) is 3.13. The number of para-hydroxylation sites is 1. The number of aromatic nitrogens is 1. The Kier molecular flexibility index (Phi) is 5.72. The molecule has 3 nitrogen and oxygen atoms in total. The molecule has 0 fully saturated rings. The van der Waals surface area contributed by atoms with Crippen LogP contribution in [-0.2, 0) is 13.2 Å². The molecule has 0 bridgehead atoms. The maximum absolute atomic E-state index is 12.8. The van der Waals surface area contributed by atoms with Gasteiger partial charge in [0.25, 0.3) is 0 Å². The van der Waals surface area contributed by atoms with Gasteiger partial charge in [0.05, 0.1) is 5.56 Å². The van der Waals surface area contributed by atoms with Crippen molar-refractivity contribution in [2.24, 2.45) is 7.05 Å². The van der Waals surface area contributed by atoms with Crippen LogP contribution in [0.1, 0.15) is 27.0 Å². The first-order chi connectivity index (χ1) is 15.3. The topological polar surface area (TPSA) is 42.2 Å². The Labute approximate surface area is 183 Å². The summed E-state index contributed by atoms with van der Waals surface area (Å²) < 4.78 is 40.4. The summed E-state index contributed by atoms with van der Waals surface area (Å²) in [5.41, 5.74) is 2.46. The number of carbonyl (C=O) groups is 1. The molecule has 162 valence electrons. The van der Waals surface area contributed by atoms with Crippen molar-refractivity contribution in [1.82, 2.24) is 4.57 Å². The summed E-state index contributed by atoms with van der Waals surface area (Å²) in [6.45, 7) is 0. The minimum Gasteiger partial charge on any atom is -0.381 e. The molecular weight excluding hydrogens is 415 g/mol. The molecule has 1 atom stereocenters. The Balaban J connectivity index is 1.76. The second-order valence-electron chi connectivity index (χ2n) is 7.50. The quantitative estimate of drug-likeness (QED) is 0.398. The molecule has 1 heterocycles. The SMILES string of the molecule is Cn1cc(/C(=C/[C@@H](O)C(=O)c2ccc(C(F)(F)F)cc2)c2ccccc2)c2ccccc21. The summed E-state index contributed by atoms with van der Waals surface area (Å²) in [5.74, 6) is -0.674. The summed E-state index contributed by atoms with van der Waals surface area (Å²) in [6.07, 6.45) is -2.63. The molecule has 0 aliphatic rings. The van der Waals surface area contributed by atoms with Gasteiger partial charge in [0.15, 0.2) is 5.78 Å². The number of carbonyl (C=O) groups excluding carboxylic acids is 1. The summed E-state index contributed by atoms with van der Waals surface area (Å²) in [4.78, 5) is 12.8. The fourth-order valence-electron chi connectivity index (χ4n) is 3.74. The van der Waals surface area contributed by atoms with Crippen molar-refractivity contribution < 1.29 is 23.1 Å². The maximum Gasteiger partial charge on any atom is 0.416 e. The largest absolute Gasteiger partial charge is 0.416 e. The third kappa shape index (κ3) is 4.22. The standard InChI is InChI=1S/C26H20F3NO2/c1-30-16-22(20-9-5-6-10-23(20)30)21(17-7-3-2-4-8-17)15-24(31)25(32)18-11-13-19(14-12-18)26(27,28)29/h2-16,24,31H,1H3/b21-15+/t24-/m1/s1. The average molecular weight is 435 g/mol. The van der Waals surface area contributed by atoms with E-state index in [0.29, 0.717) is 5.57 Å². The van der Waals surface area contributed by atoms with E-state index in [9.17, 15) is 23.1 Å². The highest BCUT2D eigenvalue weighted by atomic mass is 19.4. The molecule has 4 rings (SSSR count). The molecular formula is C26H20F3NO2. The van der Waals surface area contributed by atoms with E-state index < -0.39 is 23.6 Å². The monoisotopic (exact) mass is 435 g/mol. The van der Waals surface area contributed by atoms with Crippen molar-refractivity contribution in [3.63, 3.8) is 0 Å². The normalized spacial score (nSPS) is 13.3. The highest BCUT2D eigenvalue weighted by Crippen LogP contribution is 2.32. The molecule has 0 saturated carbocycles. The summed E-state index contributed by atoms with van der Waals surface area (Å²) >= 11 is 0. The van der Waals surface area contributed by atoms with Crippen molar-refractivity contribution in [2.75, 3.05) is 0 Å². The Morgan fingerprint density at radius 3 is 2.19 bits per heavy atom. The van der Waals surface area contributed by atoms with E-state index in [4.69, 9.17) is 0 Å². The number of hydrogen-bond donors (Lipinski definition) is 1. The van der Waals surface area contributed by atoms with E-state index in [1.54, 1.807) is 0 Å². The fourth-order valence-corrected chi connectivity index (χ4v) is 3.74. The number of aryl methyl sites for hydroxylation is 1. The number of fused-ring (bicyclic) bond motifs is 1. The first kappa shape index (κ1) is 21.6. The smallest absolute Gasteiger partial charge is 0.381 e. The van der Waals surface area contributed by atoms with Gasteiger partial charge in [-0.1, -0.05) is 60.7 Å². The van der Waals surface area contributed by atoms with Gasteiger partial charge in [-0.25, -0.2) is 0 Å². The number of hydrogen-bond acceptors (Lipinski definition) is 2. The van der Waals surface area contributed by atoms with Gasteiger partial charge < -0.3 is 9.67 Å². The van der Waals surface area contributed by atoms with Gasteiger partial charge in [-0.05, 0) is 35.4 Å². The molecule has 0 saturated heterocycles. The van der Waals surface area contributed by atoms with Gasteiger partial charge >= 0.3 is 6.18 Å². The first-order valence-corrected chi connectivity index (χ1v) is 9.97. The summed E-state index contributed by atoms with van der Waals surface area (Å²) in [5, 5.41) is 11.7.